The second-order valence-corrected chi connectivity index (χ2v) is 4.43. The number of rotatable bonds is 3. The molecule has 2 aromatic rings. The van der Waals surface area contributed by atoms with Crippen LogP contribution in [-0.4, -0.2) is 23.9 Å². The maximum absolute atomic E-state index is 4.34. The van der Waals surface area contributed by atoms with Crippen molar-refractivity contribution in [1.29, 1.82) is 0 Å². The zero-order valence-corrected chi connectivity index (χ0v) is 10.9. The smallest absolute Gasteiger partial charge is 0.0571 e. The van der Waals surface area contributed by atoms with Crippen molar-refractivity contribution in [3.8, 4) is 11.1 Å². The summed E-state index contributed by atoms with van der Waals surface area (Å²) >= 11 is 0. The van der Waals surface area contributed by atoms with Crippen molar-refractivity contribution in [2.24, 2.45) is 7.05 Å². The van der Waals surface area contributed by atoms with Crippen LogP contribution >= 0.6 is 0 Å². The van der Waals surface area contributed by atoms with E-state index in [1.165, 1.54) is 22.5 Å². The first-order valence-corrected chi connectivity index (χ1v) is 5.92. The molecule has 0 saturated carbocycles. The fourth-order valence-corrected chi connectivity index (χ4v) is 2.07. The minimum absolute atomic E-state index is 0.998. The van der Waals surface area contributed by atoms with Gasteiger partial charge in [-0.2, -0.15) is 5.10 Å². The van der Waals surface area contributed by atoms with Crippen molar-refractivity contribution in [1.82, 2.24) is 9.78 Å². The SMILES string of the molecule is CCc1c(-c2cccc(N(C)C)c2)cnn1C. The number of nitrogens with zero attached hydrogens (tertiary/aromatic N) is 3. The molecule has 0 amide bonds. The molecule has 17 heavy (non-hydrogen) atoms. The van der Waals surface area contributed by atoms with Gasteiger partial charge in [0.1, 0.15) is 0 Å². The maximum atomic E-state index is 4.34. The van der Waals surface area contributed by atoms with E-state index in [2.05, 4.69) is 55.3 Å². The Balaban J connectivity index is 2.49. The molecule has 1 aromatic heterocycles. The van der Waals surface area contributed by atoms with Crippen molar-refractivity contribution in [3.63, 3.8) is 0 Å². The van der Waals surface area contributed by atoms with E-state index in [0.717, 1.165) is 6.42 Å². The third kappa shape index (κ3) is 2.18. The van der Waals surface area contributed by atoms with Crippen LogP contribution in [0.4, 0.5) is 5.69 Å². The molecule has 90 valence electrons. The summed E-state index contributed by atoms with van der Waals surface area (Å²) in [5, 5.41) is 4.34. The lowest BCUT2D eigenvalue weighted by Crippen LogP contribution is -2.08. The van der Waals surface area contributed by atoms with Gasteiger partial charge >= 0.3 is 0 Å². The van der Waals surface area contributed by atoms with Crippen molar-refractivity contribution in [3.05, 3.63) is 36.2 Å². The van der Waals surface area contributed by atoms with Crippen LogP contribution in [0.25, 0.3) is 11.1 Å². The Bertz CT molecular complexity index is 512. The highest BCUT2D eigenvalue weighted by Crippen LogP contribution is 2.26. The zero-order valence-electron chi connectivity index (χ0n) is 10.9. The van der Waals surface area contributed by atoms with E-state index < -0.39 is 0 Å². The highest BCUT2D eigenvalue weighted by molar-refractivity contribution is 5.69. The Morgan fingerprint density at radius 3 is 2.71 bits per heavy atom. The number of hydrogen-bond donors (Lipinski definition) is 0. The Morgan fingerprint density at radius 2 is 2.06 bits per heavy atom. The van der Waals surface area contributed by atoms with E-state index >= 15 is 0 Å². The molecule has 0 aliphatic heterocycles. The molecule has 1 heterocycles. The van der Waals surface area contributed by atoms with Crippen LogP contribution in [-0.2, 0) is 13.5 Å². The summed E-state index contributed by atoms with van der Waals surface area (Å²) < 4.78 is 1.96. The van der Waals surface area contributed by atoms with E-state index in [4.69, 9.17) is 0 Å². The van der Waals surface area contributed by atoms with E-state index in [9.17, 15) is 0 Å². The first-order valence-electron chi connectivity index (χ1n) is 5.92. The van der Waals surface area contributed by atoms with Crippen molar-refractivity contribution >= 4 is 5.69 Å². The standard InChI is InChI=1S/C14H19N3/c1-5-14-13(10-15-17(14)4)11-7-6-8-12(9-11)16(2)3/h6-10H,5H2,1-4H3. The summed E-state index contributed by atoms with van der Waals surface area (Å²) in [5.41, 5.74) is 4.97. The van der Waals surface area contributed by atoms with Gasteiger partial charge in [-0.15, -0.1) is 0 Å². The summed E-state index contributed by atoms with van der Waals surface area (Å²) in [6.07, 6.45) is 2.95. The molecule has 1 aromatic carbocycles. The largest absolute Gasteiger partial charge is 0.378 e. The molecule has 0 bridgehead atoms. The van der Waals surface area contributed by atoms with Crippen LogP contribution < -0.4 is 4.90 Å². The van der Waals surface area contributed by atoms with Crippen molar-refractivity contribution in [2.45, 2.75) is 13.3 Å². The predicted molar refractivity (Wildman–Crippen MR) is 72.3 cm³/mol. The Labute approximate surface area is 103 Å². The zero-order chi connectivity index (χ0) is 12.4. The fourth-order valence-electron chi connectivity index (χ4n) is 2.07. The van der Waals surface area contributed by atoms with E-state index in [1.807, 2.05) is 17.9 Å². The molecular formula is C14H19N3. The van der Waals surface area contributed by atoms with Gasteiger partial charge in [0, 0.05) is 38.1 Å². The minimum Gasteiger partial charge on any atom is -0.378 e. The summed E-state index contributed by atoms with van der Waals surface area (Å²) in [4.78, 5) is 2.12. The van der Waals surface area contributed by atoms with Gasteiger partial charge < -0.3 is 4.90 Å². The molecule has 0 aliphatic rings. The van der Waals surface area contributed by atoms with Gasteiger partial charge in [-0.05, 0) is 24.1 Å². The summed E-state index contributed by atoms with van der Waals surface area (Å²) in [6.45, 7) is 2.16. The van der Waals surface area contributed by atoms with Crippen LogP contribution in [0.3, 0.4) is 0 Å². The van der Waals surface area contributed by atoms with Gasteiger partial charge in [-0.25, -0.2) is 0 Å². The molecule has 0 spiro atoms. The predicted octanol–water partition coefficient (Wildman–Crippen LogP) is 2.72. The number of anilines is 1. The number of aryl methyl sites for hydroxylation is 1. The number of benzene rings is 1. The van der Waals surface area contributed by atoms with Gasteiger partial charge in [0.2, 0.25) is 0 Å². The average molecular weight is 229 g/mol. The monoisotopic (exact) mass is 229 g/mol. The normalized spacial score (nSPS) is 10.6. The number of hydrogen-bond acceptors (Lipinski definition) is 2. The molecule has 0 saturated heterocycles. The molecule has 0 atom stereocenters. The van der Waals surface area contributed by atoms with Gasteiger partial charge in [-0.1, -0.05) is 19.1 Å². The molecule has 2 rings (SSSR count). The van der Waals surface area contributed by atoms with Crippen molar-refractivity contribution < 1.29 is 0 Å². The van der Waals surface area contributed by atoms with Crippen LogP contribution in [0.5, 0.6) is 0 Å². The third-order valence-electron chi connectivity index (χ3n) is 3.07. The van der Waals surface area contributed by atoms with Crippen LogP contribution in [0, 0.1) is 0 Å². The van der Waals surface area contributed by atoms with E-state index in [1.54, 1.807) is 0 Å². The highest BCUT2D eigenvalue weighted by atomic mass is 15.3. The van der Waals surface area contributed by atoms with Crippen LogP contribution in [0.1, 0.15) is 12.6 Å². The van der Waals surface area contributed by atoms with E-state index in [0.29, 0.717) is 0 Å². The van der Waals surface area contributed by atoms with Gasteiger partial charge in [0.15, 0.2) is 0 Å². The summed E-state index contributed by atoms with van der Waals surface area (Å²) in [5.74, 6) is 0. The van der Waals surface area contributed by atoms with Gasteiger partial charge in [0.25, 0.3) is 0 Å². The Kier molecular flexibility index (Phi) is 3.18. The molecule has 0 aliphatic carbocycles. The molecule has 0 unspecified atom stereocenters. The van der Waals surface area contributed by atoms with Crippen LogP contribution in [0.15, 0.2) is 30.5 Å². The fraction of sp³-hybridized carbons (Fsp3) is 0.357. The first kappa shape index (κ1) is 11.7. The number of aromatic nitrogens is 2. The van der Waals surface area contributed by atoms with Gasteiger partial charge in [-0.3, -0.25) is 4.68 Å². The lowest BCUT2D eigenvalue weighted by Gasteiger charge is -2.13. The molecule has 3 heteroatoms. The average Bonchev–Trinajstić information content (AvgIpc) is 2.70. The molecule has 3 nitrogen and oxygen atoms in total. The van der Waals surface area contributed by atoms with Gasteiger partial charge in [0.05, 0.1) is 6.20 Å². The molecular weight excluding hydrogens is 210 g/mol. The summed E-state index contributed by atoms with van der Waals surface area (Å²) in [6, 6.07) is 8.56. The minimum atomic E-state index is 0.998. The topological polar surface area (TPSA) is 21.1 Å². The molecule has 0 fully saturated rings. The highest BCUT2D eigenvalue weighted by Gasteiger charge is 2.09. The second-order valence-electron chi connectivity index (χ2n) is 4.43. The van der Waals surface area contributed by atoms with Crippen molar-refractivity contribution in [2.75, 3.05) is 19.0 Å². The quantitative estimate of drug-likeness (QED) is 0.807. The lowest BCUT2D eigenvalue weighted by atomic mass is 10.0. The molecule has 0 radical (unpaired) electrons. The van der Waals surface area contributed by atoms with Crippen LogP contribution in [0.2, 0.25) is 0 Å². The third-order valence-corrected chi connectivity index (χ3v) is 3.07. The Hall–Kier alpha value is -1.77. The Morgan fingerprint density at radius 1 is 1.29 bits per heavy atom. The maximum Gasteiger partial charge on any atom is 0.0571 e. The molecule has 0 N–H and O–H groups in total. The second kappa shape index (κ2) is 4.62. The van der Waals surface area contributed by atoms with E-state index in [-0.39, 0.29) is 0 Å². The first-order chi connectivity index (χ1) is 8.13. The lowest BCUT2D eigenvalue weighted by molar-refractivity contribution is 0.718. The summed E-state index contributed by atoms with van der Waals surface area (Å²) in [7, 11) is 6.12.